The van der Waals surface area contributed by atoms with E-state index in [9.17, 15) is 4.39 Å². The molecule has 0 saturated heterocycles. The van der Waals surface area contributed by atoms with Gasteiger partial charge in [0.15, 0.2) is 0 Å². The molecule has 0 bridgehead atoms. The van der Waals surface area contributed by atoms with E-state index in [-0.39, 0.29) is 4.73 Å². The topological polar surface area (TPSA) is 30.7 Å². The maximum absolute atomic E-state index is 12.1. The molecule has 0 saturated carbocycles. The number of aromatic nitrogens is 3. The lowest BCUT2D eigenvalue weighted by Gasteiger charge is -1.80. The van der Waals surface area contributed by atoms with Crippen LogP contribution in [-0.4, -0.2) is 14.8 Å². The van der Waals surface area contributed by atoms with Crippen molar-refractivity contribution in [3.63, 3.8) is 0 Å². The normalized spacial score (nSPS) is 9.88. The van der Waals surface area contributed by atoms with Crippen molar-refractivity contribution in [1.29, 1.82) is 0 Å². The van der Waals surface area contributed by atoms with E-state index in [0.717, 1.165) is 4.68 Å². The first-order valence-corrected chi connectivity index (χ1v) is 2.71. The predicted octanol–water partition coefficient (Wildman–Crippen LogP) is 0.717. The molecule has 1 aromatic rings. The molecular formula is C3H3BrFN3. The molecule has 8 heavy (non-hydrogen) atoms. The van der Waals surface area contributed by atoms with Gasteiger partial charge in [-0.05, 0) is 15.9 Å². The van der Waals surface area contributed by atoms with Gasteiger partial charge in [0.1, 0.15) is 0 Å². The van der Waals surface area contributed by atoms with Crippen molar-refractivity contribution in [2.24, 2.45) is 7.05 Å². The number of nitrogens with zero attached hydrogens (tertiary/aromatic N) is 3. The average Bonchev–Trinajstić information content (AvgIpc) is 1.85. The summed E-state index contributed by atoms with van der Waals surface area (Å²) in [6.45, 7) is 0. The summed E-state index contributed by atoms with van der Waals surface area (Å²) in [4.78, 5) is 3.31. The van der Waals surface area contributed by atoms with Crippen molar-refractivity contribution in [2.45, 2.75) is 0 Å². The summed E-state index contributed by atoms with van der Waals surface area (Å²) in [6, 6.07) is 0. The highest BCUT2D eigenvalue weighted by Crippen LogP contribution is 2.00. The van der Waals surface area contributed by atoms with Crippen LogP contribution in [0.15, 0.2) is 4.73 Å². The van der Waals surface area contributed by atoms with Gasteiger partial charge < -0.3 is 0 Å². The van der Waals surface area contributed by atoms with Crippen LogP contribution in [0.1, 0.15) is 0 Å². The van der Waals surface area contributed by atoms with E-state index >= 15 is 0 Å². The Morgan fingerprint density at radius 2 is 2.38 bits per heavy atom. The summed E-state index contributed by atoms with van der Waals surface area (Å²) < 4.78 is 13.4. The van der Waals surface area contributed by atoms with Gasteiger partial charge in [0.05, 0.1) is 0 Å². The van der Waals surface area contributed by atoms with E-state index in [1.54, 1.807) is 0 Å². The van der Waals surface area contributed by atoms with Crippen LogP contribution >= 0.6 is 15.9 Å². The molecule has 0 amide bonds. The van der Waals surface area contributed by atoms with Crippen molar-refractivity contribution in [1.82, 2.24) is 14.8 Å². The minimum atomic E-state index is -0.586. The molecule has 0 N–H and O–H groups in total. The van der Waals surface area contributed by atoms with Crippen LogP contribution in [-0.2, 0) is 7.05 Å². The van der Waals surface area contributed by atoms with E-state index in [1.807, 2.05) is 0 Å². The lowest BCUT2D eigenvalue weighted by molar-refractivity contribution is 0.477. The van der Waals surface area contributed by atoms with Gasteiger partial charge in [-0.2, -0.15) is 9.37 Å². The number of halogens is 2. The molecule has 0 unspecified atom stereocenters. The molecule has 0 radical (unpaired) electrons. The average molecular weight is 180 g/mol. The SMILES string of the molecule is Cn1nc(Br)nc1F. The van der Waals surface area contributed by atoms with Gasteiger partial charge >= 0.3 is 6.08 Å². The second kappa shape index (κ2) is 1.81. The lowest BCUT2D eigenvalue weighted by atomic mass is 11.2. The molecular weight excluding hydrogens is 177 g/mol. The van der Waals surface area contributed by atoms with Gasteiger partial charge in [-0.15, -0.1) is 5.10 Å². The molecule has 0 atom stereocenters. The fourth-order valence-corrected chi connectivity index (χ4v) is 0.720. The zero-order chi connectivity index (χ0) is 6.15. The summed E-state index contributed by atoms with van der Waals surface area (Å²) in [5.74, 6) is 0. The molecule has 0 aliphatic heterocycles. The lowest BCUT2D eigenvalue weighted by Crippen LogP contribution is -1.93. The van der Waals surface area contributed by atoms with Crippen molar-refractivity contribution in [3.05, 3.63) is 10.8 Å². The molecule has 0 fully saturated rings. The van der Waals surface area contributed by atoms with Crippen molar-refractivity contribution in [2.75, 3.05) is 0 Å². The van der Waals surface area contributed by atoms with Crippen LogP contribution in [0.5, 0.6) is 0 Å². The highest BCUT2D eigenvalue weighted by Gasteiger charge is 1.99. The fourth-order valence-electron chi connectivity index (χ4n) is 0.336. The second-order valence-electron chi connectivity index (χ2n) is 1.27. The maximum Gasteiger partial charge on any atom is 0.307 e. The van der Waals surface area contributed by atoms with E-state index in [2.05, 4.69) is 26.0 Å². The zero-order valence-electron chi connectivity index (χ0n) is 4.10. The number of hydrogen-bond acceptors (Lipinski definition) is 2. The van der Waals surface area contributed by atoms with Crippen molar-refractivity contribution >= 4 is 15.9 Å². The molecule has 3 nitrogen and oxygen atoms in total. The van der Waals surface area contributed by atoms with E-state index < -0.39 is 6.08 Å². The predicted molar refractivity (Wildman–Crippen MR) is 28.7 cm³/mol. The summed E-state index contributed by atoms with van der Waals surface area (Å²) in [5, 5.41) is 3.56. The molecule has 0 aromatic carbocycles. The maximum atomic E-state index is 12.1. The first kappa shape index (κ1) is 5.68. The monoisotopic (exact) mass is 179 g/mol. The van der Waals surface area contributed by atoms with Crippen LogP contribution in [0.2, 0.25) is 0 Å². The number of rotatable bonds is 0. The highest BCUT2D eigenvalue weighted by molar-refractivity contribution is 9.10. The molecule has 0 aliphatic rings. The van der Waals surface area contributed by atoms with E-state index in [4.69, 9.17) is 0 Å². The second-order valence-corrected chi connectivity index (χ2v) is 1.98. The Hall–Kier alpha value is -0.450. The molecule has 1 heterocycles. The highest BCUT2D eigenvalue weighted by atomic mass is 79.9. The minimum Gasteiger partial charge on any atom is -0.224 e. The first-order chi connectivity index (χ1) is 3.70. The smallest absolute Gasteiger partial charge is 0.224 e. The molecule has 1 rings (SSSR count). The standard InChI is InChI=1S/C3H3BrFN3/c1-8-3(5)6-2(4)7-8/h1H3. The third-order valence-electron chi connectivity index (χ3n) is 0.684. The Morgan fingerprint density at radius 1 is 1.75 bits per heavy atom. The Balaban J connectivity index is 3.14. The zero-order valence-corrected chi connectivity index (χ0v) is 5.68. The van der Waals surface area contributed by atoms with Gasteiger partial charge in [0.2, 0.25) is 4.73 Å². The van der Waals surface area contributed by atoms with Gasteiger partial charge in [-0.25, -0.2) is 4.68 Å². The quantitative estimate of drug-likeness (QED) is 0.588. The Kier molecular flexibility index (Phi) is 1.29. The van der Waals surface area contributed by atoms with Crippen LogP contribution in [0, 0.1) is 6.08 Å². The van der Waals surface area contributed by atoms with Crippen LogP contribution < -0.4 is 0 Å². The van der Waals surface area contributed by atoms with E-state index in [1.165, 1.54) is 7.05 Å². The Morgan fingerprint density at radius 3 is 2.50 bits per heavy atom. The molecule has 1 aromatic heterocycles. The summed E-state index contributed by atoms with van der Waals surface area (Å²) >= 11 is 2.90. The molecule has 0 spiro atoms. The number of hydrogen-bond donors (Lipinski definition) is 0. The number of aryl methyl sites for hydroxylation is 1. The van der Waals surface area contributed by atoms with Gasteiger partial charge in [-0.3, -0.25) is 0 Å². The van der Waals surface area contributed by atoms with Crippen molar-refractivity contribution < 1.29 is 4.39 Å². The fraction of sp³-hybridized carbons (Fsp3) is 0.333. The van der Waals surface area contributed by atoms with Crippen LogP contribution in [0.4, 0.5) is 4.39 Å². The Bertz CT molecular complexity index is 177. The molecule has 5 heteroatoms. The summed E-state index contributed by atoms with van der Waals surface area (Å²) in [7, 11) is 1.48. The van der Waals surface area contributed by atoms with Gasteiger partial charge in [-0.1, -0.05) is 0 Å². The first-order valence-electron chi connectivity index (χ1n) is 1.92. The third kappa shape index (κ3) is 0.861. The van der Waals surface area contributed by atoms with Crippen LogP contribution in [0.3, 0.4) is 0 Å². The van der Waals surface area contributed by atoms with Crippen molar-refractivity contribution in [3.8, 4) is 0 Å². The van der Waals surface area contributed by atoms with Gasteiger partial charge in [0.25, 0.3) is 0 Å². The summed E-state index contributed by atoms with van der Waals surface area (Å²) in [6.07, 6.45) is -0.586. The largest absolute Gasteiger partial charge is 0.307 e. The van der Waals surface area contributed by atoms with Gasteiger partial charge in [0, 0.05) is 7.05 Å². The molecule has 0 aliphatic carbocycles. The van der Waals surface area contributed by atoms with Crippen LogP contribution in [0.25, 0.3) is 0 Å². The minimum absolute atomic E-state index is 0.275. The van der Waals surface area contributed by atoms with E-state index in [0.29, 0.717) is 0 Å². The Labute approximate surface area is 53.7 Å². The molecule has 44 valence electrons. The summed E-state index contributed by atoms with van der Waals surface area (Å²) in [5.41, 5.74) is 0. The third-order valence-corrected chi connectivity index (χ3v) is 1.02.